The van der Waals surface area contributed by atoms with Crippen molar-refractivity contribution in [1.82, 2.24) is 0 Å². The molecule has 2 aromatic rings. The number of hydrogen-bond donors (Lipinski definition) is 0. The van der Waals surface area contributed by atoms with E-state index in [0.29, 0.717) is 0 Å². The van der Waals surface area contributed by atoms with Crippen LogP contribution in [-0.2, 0) is 0 Å². The maximum Gasteiger partial charge on any atom is 0.123 e. The predicted molar refractivity (Wildman–Crippen MR) is 75.7 cm³/mol. The minimum atomic E-state index is -0.172. The van der Waals surface area contributed by atoms with Crippen molar-refractivity contribution in [3.05, 3.63) is 56.5 Å². The molecular weight excluding hydrogens is 299 g/mol. The molecule has 2 rings (SSSR count). The fourth-order valence-electron chi connectivity index (χ4n) is 1.99. The van der Waals surface area contributed by atoms with Crippen LogP contribution >= 0.6 is 27.3 Å². The first-order chi connectivity index (χ1) is 7.97. The molecule has 1 atom stereocenters. The van der Waals surface area contributed by atoms with Crippen molar-refractivity contribution in [2.75, 3.05) is 0 Å². The first-order valence-corrected chi connectivity index (χ1v) is 7.18. The molecule has 3 heteroatoms. The molecule has 0 spiro atoms. The van der Waals surface area contributed by atoms with Crippen molar-refractivity contribution in [3.8, 4) is 0 Å². The molecule has 1 unspecified atom stereocenters. The van der Waals surface area contributed by atoms with Crippen molar-refractivity contribution in [3.63, 3.8) is 0 Å². The molecule has 0 amide bonds. The van der Waals surface area contributed by atoms with E-state index in [1.54, 1.807) is 23.5 Å². The summed E-state index contributed by atoms with van der Waals surface area (Å²) in [4.78, 5) is 2.64. The molecular formula is C14H14BrFS. The lowest BCUT2D eigenvalue weighted by Gasteiger charge is -2.11. The molecule has 0 aliphatic heterocycles. The normalized spacial score (nSPS) is 12.8. The Morgan fingerprint density at radius 1 is 1.12 bits per heavy atom. The summed E-state index contributed by atoms with van der Waals surface area (Å²) < 4.78 is 13.4. The summed E-state index contributed by atoms with van der Waals surface area (Å²) in [5.74, 6) is -0.172. The number of thiophene rings is 1. The first kappa shape index (κ1) is 12.8. The molecule has 0 bridgehead atoms. The Bertz CT molecular complexity index is 525. The maximum absolute atomic E-state index is 13.4. The summed E-state index contributed by atoms with van der Waals surface area (Å²) in [6.07, 6.45) is 0. The predicted octanol–water partition coefficient (Wildman–Crippen LogP) is 5.30. The molecule has 0 fully saturated rings. The fraction of sp³-hybridized carbons (Fsp3) is 0.286. The number of halogens is 2. The van der Waals surface area contributed by atoms with E-state index >= 15 is 0 Å². The molecule has 1 aromatic carbocycles. The molecule has 0 saturated carbocycles. The molecule has 0 saturated heterocycles. The number of rotatable bonds is 2. The highest BCUT2D eigenvalue weighted by atomic mass is 79.9. The van der Waals surface area contributed by atoms with Gasteiger partial charge in [0.05, 0.1) is 4.83 Å². The van der Waals surface area contributed by atoms with Gasteiger partial charge in [-0.3, -0.25) is 0 Å². The second-order valence-corrected chi connectivity index (χ2v) is 6.67. The number of benzene rings is 1. The zero-order valence-corrected chi connectivity index (χ0v) is 12.5. The van der Waals surface area contributed by atoms with E-state index in [1.165, 1.54) is 15.3 Å². The van der Waals surface area contributed by atoms with Gasteiger partial charge in [-0.15, -0.1) is 11.3 Å². The highest BCUT2D eigenvalue weighted by Gasteiger charge is 2.15. The van der Waals surface area contributed by atoms with E-state index in [4.69, 9.17) is 0 Å². The molecule has 0 aliphatic rings. The highest BCUT2D eigenvalue weighted by Crippen LogP contribution is 2.37. The number of alkyl halides is 1. The first-order valence-electron chi connectivity index (χ1n) is 5.45. The van der Waals surface area contributed by atoms with E-state index in [0.717, 1.165) is 11.1 Å². The SMILES string of the molecule is Cc1cc(F)cc(C(Br)c2cc(C)sc2C)c1. The Labute approximate surface area is 114 Å². The summed E-state index contributed by atoms with van der Waals surface area (Å²) in [7, 11) is 0. The standard InChI is InChI=1S/C14H14BrFS/c1-8-4-11(7-12(16)5-8)14(15)13-6-9(2)17-10(13)3/h4-7,14H,1-3H3. The molecule has 0 radical (unpaired) electrons. The average molecular weight is 313 g/mol. The van der Waals surface area contributed by atoms with E-state index in [1.807, 2.05) is 13.0 Å². The van der Waals surface area contributed by atoms with E-state index in [-0.39, 0.29) is 10.6 Å². The van der Waals surface area contributed by atoms with Gasteiger partial charge in [-0.1, -0.05) is 22.0 Å². The molecule has 1 heterocycles. The Hall–Kier alpha value is -0.670. The van der Waals surface area contributed by atoms with Gasteiger partial charge in [0.25, 0.3) is 0 Å². The Morgan fingerprint density at radius 3 is 2.35 bits per heavy atom. The average Bonchev–Trinajstić information content (AvgIpc) is 2.55. The van der Waals surface area contributed by atoms with Crippen molar-refractivity contribution >= 4 is 27.3 Å². The Morgan fingerprint density at radius 2 is 1.82 bits per heavy atom. The van der Waals surface area contributed by atoms with Crippen LogP contribution in [0.25, 0.3) is 0 Å². The summed E-state index contributed by atoms with van der Waals surface area (Å²) in [5.41, 5.74) is 3.16. The smallest absolute Gasteiger partial charge is 0.123 e. The number of aryl methyl sites for hydroxylation is 3. The van der Waals surface area contributed by atoms with Crippen LogP contribution in [0.2, 0.25) is 0 Å². The Balaban J connectivity index is 2.43. The maximum atomic E-state index is 13.4. The third-order valence-corrected chi connectivity index (χ3v) is 4.71. The van der Waals surface area contributed by atoms with Crippen molar-refractivity contribution in [2.45, 2.75) is 25.6 Å². The zero-order valence-electron chi connectivity index (χ0n) is 10.1. The van der Waals surface area contributed by atoms with Gasteiger partial charge in [0, 0.05) is 9.75 Å². The topological polar surface area (TPSA) is 0 Å². The van der Waals surface area contributed by atoms with Crippen LogP contribution in [-0.4, -0.2) is 0 Å². The van der Waals surface area contributed by atoms with Crippen LogP contribution in [0.4, 0.5) is 4.39 Å². The van der Waals surface area contributed by atoms with E-state index < -0.39 is 0 Å². The van der Waals surface area contributed by atoms with Crippen LogP contribution in [0.5, 0.6) is 0 Å². The monoisotopic (exact) mass is 312 g/mol. The minimum Gasteiger partial charge on any atom is -0.207 e. The van der Waals surface area contributed by atoms with Gasteiger partial charge in [0.1, 0.15) is 5.82 Å². The van der Waals surface area contributed by atoms with Crippen LogP contribution in [0.15, 0.2) is 24.3 Å². The van der Waals surface area contributed by atoms with Gasteiger partial charge < -0.3 is 0 Å². The van der Waals surface area contributed by atoms with Gasteiger partial charge in [-0.25, -0.2) is 4.39 Å². The van der Waals surface area contributed by atoms with Gasteiger partial charge >= 0.3 is 0 Å². The molecule has 90 valence electrons. The third kappa shape index (κ3) is 2.78. The number of hydrogen-bond acceptors (Lipinski definition) is 1. The lowest BCUT2D eigenvalue weighted by atomic mass is 10.0. The summed E-state index contributed by atoms with van der Waals surface area (Å²) >= 11 is 5.44. The fourth-order valence-corrected chi connectivity index (χ4v) is 3.85. The van der Waals surface area contributed by atoms with Gasteiger partial charge in [0.2, 0.25) is 0 Å². The second kappa shape index (κ2) is 4.91. The lowest BCUT2D eigenvalue weighted by Crippen LogP contribution is -1.94. The molecule has 1 aromatic heterocycles. The molecule has 0 aliphatic carbocycles. The summed E-state index contributed by atoms with van der Waals surface area (Å²) in [5, 5.41) is 0. The zero-order chi connectivity index (χ0) is 12.6. The summed E-state index contributed by atoms with van der Waals surface area (Å²) in [6.45, 7) is 6.11. The van der Waals surface area contributed by atoms with Crippen LogP contribution in [0, 0.1) is 26.6 Å². The largest absolute Gasteiger partial charge is 0.207 e. The minimum absolute atomic E-state index is 0.0712. The van der Waals surface area contributed by atoms with Gasteiger partial charge in [0.15, 0.2) is 0 Å². The molecule has 0 nitrogen and oxygen atoms in total. The third-order valence-electron chi connectivity index (χ3n) is 2.71. The van der Waals surface area contributed by atoms with Crippen LogP contribution < -0.4 is 0 Å². The van der Waals surface area contributed by atoms with Gasteiger partial charge in [-0.05, 0) is 55.7 Å². The lowest BCUT2D eigenvalue weighted by molar-refractivity contribution is 0.624. The van der Waals surface area contributed by atoms with E-state index in [2.05, 4.69) is 35.8 Å². The highest BCUT2D eigenvalue weighted by molar-refractivity contribution is 9.09. The van der Waals surface area contributed by atoms with Crippen LogP contribution in [0.3, 0.4) is 0 Å². The summed E-state index contributed by atoms with van der Waals surface area (Å²) in [6, 6.07) is 7.34. The Kier molecular flexibility index (Phi) is 3.69. The quantitative estimate of drug-likeness (QED) is 0.660. The van der Waals surface area contributed by atoms with E-state index in [9.17, 15) is 4.39 Å². The molecule has 0 N–H and O–H groups in total. The second-order valence-electron chi connectivity index (χ2n) is 4.29. The van der Waals surface area contributed by atoms with Crippen molar-refractivity contribution < 1.29 is 4.39 Å². The van der Waals surface area contributed by atoms with Crippen molar-refractivity contribution in [1.29, 1.82) is 0 Å². The molecule has 17 heavy (non-hydrogen) atoms. The van der Waals surface area contributed by atoms with Crippen LogP contribution in [0.1, 0.15) is 31.3 Å². The van der Waals surface area contributed by atoms with Gasteiger partial charge in [-0.2, -0.15) is 0 Å². The van der Waals surface area contributed by atoms with Crippen molar-refractivity contribution in [2.24, 2.45) is 0 Å².